The van der Waals surface area contributed by atoms with Crippen molar-refractivity contribution >= 4 is 22.5 Å². The average Bonchev–Trinajstić information content (AvgIpc) is 3.12. The van der Waals surface area contributed by atoms with Crippen LogP contribution < -0.4 is 16.4 Å². The molecule has 0 unspecified atom stereocenters. The van der Waals surface area contributed by atoms with Crippen molar-refractivity contribution in [2.24, 2.45) is 5.73 Å². The Bertz CT molecular complexity index is 1070. The van der Waals surface area contributed by atoms with Crippen molar-refractivity contribution in [2.75, 3.05) is 23.7 Å². The molecule has 0 saturated heterocycles. The van der Waals surface area contributed by atoms with Crippen LogP contribution in [0.4, 0.5) is 11.6 Å². The lowest BCUT2D eigenvalue weighted by atomic mass is 10.1. The summed E-state index contributed by atoms with van der Waals surface area (Å²) in [5.74, 6) is 1.41. The van der Waals surface area contributed by atoms with E-state index in [1.54, 1.807) is 6.20 Å². The quantitative estimate of drug-likeness (QED) is 0.396. The van der Waals surface area contributed by atoms with E-state index in [1.807, 2.05) is 37.3 Å². The van der Waals surface area contributed by atoms with Gasteiger partial charge in [-0.3, -0.25) is 5.10 Å². The Morgan fingerprint density at radius 3 is 2.71 bits per heavy atom. The number of hydrogen-bond acceptors (Lipinski definition) is 6. The number of nitrogens with zero attached hydrogens (tertiary/aromatic N) is 3. The smallest absolute Gasteiger partial charge is 0.169 e. The first-order valence-corrected chi connectivity index (χ1v) is 9.28. The lowest BCUT2D eigenvalue weighted by molar-refractivity contribution is 0.999. The van der Waals surface area contributed by atoms with Crippen molar-refractivity contribution in [3.63, 3.8) is 0 Å². The van der Waals surface area contributed by atoms with Crippen molar-refractivity contribution in [1.29, 1.82) is 0 Å². The minimum absolute atomic E-state index is 0.518. The normalized spacial score (nSPS) is 10.9. The van der Waals surface area contributed by atoms with Crippen LogP contribution in [0, 0.1) is 6.92 Å². The summed E-state index contributed by atoms with van der Waals surface area (Å²) in [5.41, 5.74) is 10.6. The summed E-state index contributed by atoms with van der Waals surface area (Å²) in [6, 6.07) is 16.3. The van der Waals surface area contributed by atoms with Crippen LogP contribution in [0.5, 0.6) is 0 Å². The van der Waals surface area contributed by atoms with Crippen LogP contribution >= 0.6 is 0 Å². The molecule has 7 heteroatoms. The fraction of sp³-hybridized carbons (Fsp3) is 0.190. The summed E-state index contributed by atoms with van der Waals surface area (Å²) < 4.78 is 0. The van der Waals surface area contributed by atoms with Gasteiger partial charge in [0.25, 0.3) is 0 Å². The third-order valence-electron chi connectivity index (χ3n) is 4.56. The Labute approximate surface area is 163 Å². The van der Waals surface area contributed by atoms with Crippen molar-refractivity contribution in [1.82, 2.24) is 20.2 Å². The van der Waals surface area contributed by atoms with E-state index in [4.69, 9.17) is 10.7 Å². The van der Waals surface area contributed by atoms with Gasteiger partial charge in [0.2, 0.25) is 0 Å². The summed E-state index contributed by atoms with van der Waals surface area (Å²) in [5, 5.41) is 15.0. The molecule has 2 aromatic heterocycles. The summed E-state index contributed by atoms with van der Waals surface area (Å²) >= 11 is 0. The molecule has 142 valence electrons. The molecule has 0 aliphatic rings. The number of hydrogen-bond donors (Lipinski definition) is 4. The van der Waals surface area contributed by atoms with E-state index < -0.39 is 0 Å². The van der Waals surface area contributed by atoms with Crippen molar-refractivity contribution in [2.45, 2.75) is 13.5 Å². The predicted molar refractivity (Wildman–Crippen MR) is 113 cm³/mol. The summed E-state index contributed by atoms with van der Waals surface area (Å²) in [6.07, 6.45) is 1.79. The molecule has 0 fully saturated rings. The minimum atomic E-state index is 0.518. The number of nitrogens with two attached hydrogens (primary N) is 1. The third-order valence-corrected chi connectivity index (χ3v) is 4.56. The summed E-state index contributed by atoms with van der Waals surface area (Å²) in [6.45, 7) is 3.80. The number of H-pyrrole nitrogens is 1. The highest BCUT2D eigenvalue weighted by molar-refractivity contribution is 5.86. The monoisotopic (exact) mass is 373 g/mol. The SMILES string of the molecule is Cc1n[nH]c2ccc(-c3cnc(NCc4ccccc4)c(NCCN)n3)cc12. The van der Waals surface area contributed by atoms with Gasteiger partial charge in [-0.05, 0) is 24.6 Å². The topological polar surface area (TPSA) is 105 Å². The molecule has 0 saturated carbocycles. The first-order chi connectivity index (χ1) is 13.7. The van der Waals surface area contributed by atoms with E-state index in [1.165, 1.54) is 5.56 Å². The van der Waals surface area contributed by atoms with Crippen molar-refractivity contribution in [3.8, 4) is 11.3 Å². The Morgan fingerprint density at radius 1 is 1.04 bits per heavy atom. The standard InChI is InChI=1S/C21H23N7/c1-14-17-11-16(7-8-18(17)28-27-14)19-13-25-20(21(26-19)23-10-9-22)24-12-15-5-3-2-4-6-15/h2-8,11,13H,9-10,12,22H2,1H3,(H,23,26)(H,24,25)(H,27,28). The van der Waals surface area contributed by atoms with Crippen LogP contribution in [-0.4, -0.2) is 33.3 Å². The van der Waals surface area contributed by atoms with Crippen LogP contribution in [0.15, 0.2) is 54.7 Å². The van der Waals surface area contributed by atoms with Gasteiger partial charge in [0.15, 0.2) is 11.6 Å². The Morgan fingerprint density at radius 2 is 1.89 bits per heavy atom. The second kappa shape index (κ2) is 8.06. The molecule has 7 nitrogen and oxygen atoms in total. The van der Waals surface area contributed by atoms with Gasteiger partial charge < -0.3 is 16.4 Å². The van der Waals surface area contributed by atoms with Gasteiger partial charge in [-0.1, -0.05) is 36.4 Å². The molecule has 2 heterocycles. The third kappa shape index (κ3) is 3.79. The van der Waals surface area contributed by atoms with Crippen LogP contribution in [0.2, 0.25) is 0 Å². The highest BCUT2D eigenvalue weighted by atomic mass is 15.1. The zero-order valence-corrected chi connectivity index (χ0v) is 15.7. The van der Waals surface area contributed by atoms with Gasteiger partial charge in [-0.25, -0.2) is 9.97 Å². The first-order valence-electron chi connectivity index (χ1n) is 9.28. The number of nitrogens with one attached hydrogen (secondary N) is 3. The lowest BCUT2D eigenvalue weighted by Gasteiger charge is -2.13. The van der Waals surface area contributed by atoms with Crippen LogP contribution in [0.25, 0.3) is 22.2 Å². The maximum atomic E-state index is 5.67. The number of aromatic amines is 1. The summed E-state index contributed by atoms with van der Waals surface area (Å²) in [4.78, 5) is 9.40. The van der Waals surface area contributed by atoms with Crippen molar-refractivity contribution < 1.29 is 0 Å². The molecule has 0 aliphatic heterocycles. The van der Waals surface area contributed by atoms with Gasteiger partial charge >= 0.3 is 0 Å². The predicted octanol–water partition coefficient (Wildman–Crippen LogP) is 3.31. The van der Waals surface area contributed by atoms with Crippen LogP contribution in [-0.2, 0) is 6.54 Å². The van der Waals surface area contributed by atoms with Gasteiger partial charge in [0.05, 0.1) is 23.1 Å². The molecule has 0 radical (unpaired) electrons. The van der Waals surface area contributed by atoms with Crippen molar-refractivity contribution in [3.05, 3.63) is 66.0 Å². The van der Waals surface area contributed by atoms with Gasteiger partial charge in [-0.15, -0.1) is 0 Å². The second-order valence-corrected chi connectivity index (χ2v) is 6.58. The number of aromatic nitrogens is 4. The molecule has 5 N–H and O–H groups in total. The van der Waals surface area contributed by atoms with E-state index in [2.05, 4.69) is 44.0 Å². The Kier molecular flexibility index (Phi) is 5.16. The maximum absolute atomic E-state index is 5.67. The molecule has 4 rings (SSSR count). The summed E-state index contributed by atoms with van der Waals surface area (Å²) in [7, 11) is 0. The maximum Gasteiger partial charge on any atom is 0.169 e. The number of benzene rings is 2. The highest BCUT2D eigenvalue weighted by Crippen LogP contribution is 2.26. The molecule has 4 aromatic rings. The van der Waals surface area contributed by atoms with E-state index in [-0.39, 0.29) is 0 Å². The fourth-order valence-corrected chi connectivity index (χ4v) is 3.06. The Hall–Kier alpha value is -3.45. The molecular weight excluding hydrogens is 350 g/mol. The number of aryl methyl sites for hydroxylation is 1. The molecule has 0 aliphatic carbocycles. The Balaban J connectivity index is 1.63. The number of rotatable bonds is 7. The molecular formula is C21H23N7. The van der Waals surface area contributed by atoms with E-state index in [0.717, 1.165) is 27.9 Å². The second-order valence-electron chi connectivity index (χ2n) is 6.58. The largest absolute Gasteiger partial charge is 0.366 e. The number of fused-ring (bicyclic) bond motifs is 1. The zero-order valence-electron chi connectivity index (χ0n) is 15.7. The fourth-order valence-electron chi connectivity index (χ4n) is 3.06. The molecule has 0 atom stereocenters. The van der Waals surface area contributed by atoms with Crippen LogP contribution in [0.3, 0.4) is 0 Å². The van der Waals surface area contributed by atoms with E-state index >= 15 is 0 Å². The van der Waals surface area contributed by atoms with Gasteiger partial charge in [0.1, 0.15) is 0 Å². The van der Waals surface area contributed by atoms with Gasteiger partial charge in [0, 0.05) is 30.6 Å². The molecule has 28 heavy (non-hydrogen) atoms. The van der Waals surface area contributed by atoms with Crippen LogP contribution in [0.1, 0.15) is 11.3 Å². The molecule has 0 bridgehead atoms. The first kappa shape index (κ1) is 17.9. The number of anilines is 2. The molecule has 0 amide bonds. The van der Waals surface area contributed by atoms with E-state index in [0.29, 0.717) is 31.3 Å². The van der Waals surface area contributed by atoms with E-state index in [9.17, 15) is 0 Å². The average molecular weight is 373 g/mol. The minimum Gasteiger partial charge on any atom is -0.366 e. The highest BCUT2D eigenvalue weighted by Gasteiger charge is 2.11. The zero-order chi connectivity index (χ0) is 19.3. The molecule has 2 aromatic carbocycles. The lowest BCUT2D eigenvalue weighted by Crippen LogP contribution is -2.16. The van der Waals surface area contributed by atoms with Gasteiger partial charge in [-0.2, -0.15) is 5.10 Å². The molecule has 0 spiro atoms.